The Morgan fingerprint density at radius 3 is 2.30 bits per heavy atom. The van der Waals surface area contributed by atoms with Crippen LogP contribution in [0.4, 0.5) is 16.2 Å². The normalized spacial score (nSPS) is 10.4. The SMILES string of the molecule is COCC(=O)Nc1ccc(NC(=O)NCc2cccc(OC(C)C)c2)cc1. The third kappa shape index (κ3) is 7.37. The van der Waals surface area contributed by atoms with Crippen molar-refractivity contribution >= 4 is 23.3 Å². The van der Waals surface area contributed by atoms with E-state index in [1.54, 1.807) is 24.3 Å². The lowest BCUT2D eigenvalue weighted by Gasteiger charge is -2.12. The zero-order valence-electron chi connectivity index (χ0n) is 15.7. The molecule has 0 atom stereocenters. The minimum atomic E-state index is -0.318. The van der Waals surface area contributed by atoms with Gasteiger partial charge in [-0.15, -0.1) is 0 Å². The largest absolute Gasteiger partial charge is 0.491 e. The average Bonchev–Trinajstić information content (AvgIpc) is 2.62. The van der Waals surface area contributed by atoms with Crippen LogP contribution < -0.4 is 20.7 Å². The average molecular weight is 371 g/mol. The summed E-state index contributed by atoms with van der Waals surface area (Å²) >= 11 is 0. The highest BCUT2D eigenvalue weighted by atomic mass is 16.5. The van der Waals surface area contributed by atoms with Crippen molar-refractivity contribution in [3.63, 3.8) is 0 Å². The van der Waals surface area contributed by atoms with E-state index in [1.165, 1.54) is 7.11 Å². The quantitative estimate of drug-likeness (QED) is 0.664. The van der Waals surface area contributed by atoms with Crippen LogP contribution in [0.1, 0.15) is 19.4 Å². The lowest BCUT2D eigenvalue weighted by molar-refractivity contribution is -0.119. The molecule has 0 saturated carbocycles. The van der Waals surface area contributed by atoms with Gasteiger partial charge in [0.15, 0.2) is 0 Å². The number of hydrogen-bond donors (Lipinski definition) is 3. The number of rotatable bonds is 8. The van der Waals surface area contributed by atoms with E-state index in [1.807, 2.05) is 38.1 Å². The van der Waals surface area contributed by atoms with Crippen LogP contribution in [-0.4, -0.2) is 31.8 Å². The van der Waals surface area contributed by atoms with E-state index >= 15 is 0 Å². The van der Waals surface area contributed by atoms with Gasteiger partial charge >= 0.3 is 6.03 Å². The molecule has 0 saturated heterocycles. The third-order valence-corrected chi connectivity index (χ3v) is 3.43. The van der Waals surface area contributed by atoms with Gasteiger partial charge in [-0.05, 0) is 55.8 Å². The molecule has 0 fully saturated rings. The highest BCUT2D eigenvalue weighted by Crippen LogP contribution is 2.15. The summed E-state index contributed by atoms with van der Waals surface area (Å²) in [6.07, 6.45) is 0.0961. The summed E-state index contributed by atoms with van der Waals surface area (Å²) in [7, 11) is 1.46. The van der Waals surface area contributed by atoms with Gasteiger partial charge in [-0.2, -0.15) is 0 Å². The Morgan fingerprint density at radius 1 is 1.00 bits per heavy atom. The summed E-state index contributed by atoms with van der Waals surface area (Å²) in [6, 6.07) is 14.1. The third-order valence-electron chi connectivity index (χ3n) is 3.43. The fourth-order valence-electron chi connectivity index (χ4n) is 2.32. The Bertz CT molecular complexity index is 760. The molecule has 7 nitrogen and oxygen atoms in total. The summed E-state index contributed by atoms with van der Waals surface area (Å²) in [6.45, 7) is 4.30. The first kappa shape index (κ1) is 20.3. The fourth-order valence-corrected chi connectivity index (χ4v) is 2.32. The van der Waals surface area contributed by atoms with E-state index in [2.05, 4.69) is 16.0 Å². The van der Waals surface area contributed by atoms with Crippen molar-refractivity contribution in [1.29, 1.82) is 0 Å². The first-order valence-corrected chi connectivity index (χ1v) is 8.65. The van der Waals surface area contributed by atoms with Crippen LogP contribution in [0, 0.1) is 0 Å². The fraction of sp³-hybridized carbons (Fsp3) is 0.300. The number of hydrogen-bond acceptors (Lipinski definition) is 4. The molecule has 0 aliphatic rings. The molecule has 0 bridgehead atoms. The number of ether oxygens (including phenoxy) is 2. The summed E-state index contributed by atoms with van der Waals surface area (Å²) in [4.78, 5) is 23.5. The van der Waals surface area contributed by atoms with E-state index in [0.29, 0.717) is 17.9 Å². The van der Waals surface area contributed by atoms with Crippen molar-refractivity contribution in [2.45, 2.75) is 26.5 Å². The zero-order chi connectivity index (χ0) is 19.6. The number of urea groups is 1. The van der Waals surface area contributed by atoms with Gasteiger partial charge in [-0.1, -0.05) is 12.1 Å². The van der Waals surface area contributed by atoms with Gasteiger partial charge in [0, 0.05) is 25.0 Å². The first-order chi connectivity index (χ1) is 13.0. The van der Waals surface area contributed by atoms with Crippen molar-refractivity contribution in [1.82, 2.24) is 5.32 Å². The summed E-state index contributed by atoms with van der Waals surface area (Å²) < 4.78 is 10.4. The molecule has 0 unspecified atom stereocenters. The van der Waals surface area contributed by atoms with E-state index in [0.717, 1.165) is 11.3 Å². The molecular weight excluding hydrogens is 346 g/mol. The van der Waals surface area contributed by atoms with Crippen LogP contribution in [0.2, 0.25) is 0 Å². The number of nitrogens with one attached hydrogen (secondary N) is 3. The zero-order valence-corrected chi connectivity index (χ0v) is 15.7. The first-order valence-electron chi connectivity index (χ1n) is 8.65. The molecule has 0 heterocycles. The van der Waals surface area contributed by atoms with Crippen molar-refractivity contribution in [2.75, 3.05) is 24.4 Å². The Hall–Kier alpha value is -3.06. The van der Waals surface area contributed by atoms with E-state index < -0.39 is 0 Å². The van der Waals surface area contributed by atoms with Gasteiger partial charge < -0.3 is 25.4 Å². The van der Waals surface area contributed by atoms with Gasteiger partial charge in [0.25, 0.3) is 0 Å². The second-order valence-corrected chi connectivity index (χ2v) is 6.18. The maximum absolute atomic E-state index is 12.1. The molecule has 2 rings (SSSR count). The summed E-state index contributed by atoms with van der Waals surface area (Å²) in [5.41, 5.74) is 2.19. The molecule has 7 heteroatoms. The van der Waals surface area contributed by atoms with Crippen LogP contribution in [0.15, 0.2) is 48.5 Å². The number of anilines is 2. The molecule has 0 aromatic heterocycles. The van der Waals surface area contributed by atoms with Gasteiger partial charge in [0.2, 0.25) is 5.91 Å². The number of amides is 3. The van der Waals surface area contributed by atoms with E-state index in [9.17, 15) is 9.59 Å². The van der Waals surface area contributed by atoms with Crippen molar-refractivity contribution in [3.05, 3.63) is 54.1 Å². The predicted octanol–water partition coefficient (Wildman–Crippen LogP) is 3.38. The second kappa shape index (κ2) is 10.2. The monoisotopic (exact) mass is 371 g/mol. The van der Waals surface area contributed by atoms with Crippen LogP contribution >= 0.6 is 0 Å². The molecule has 0 radical (unpaired) electrons. The minimum absolute atomic E-state index is 0.00812. The molecule has 3 amide bonds. The van der Waals surface area contributed by atoms with Crippen molar-refractivity contribution < 1.29 is 19.1 Å². The Kier molecular flexibility index (Phi) is 7.63. The Morgan fingerprint density at radius 2 is 1.67 bits per heavy atom. The van der Waals surface area contributed by atoms with Crippen LogP contribution in [-0.2, 0) is 16.1 Å². The molecule has 2 aromatic carbocycles. The highest BCUT2D eigenvalue weighted by Gasteiger charge is 2.05. The summed E-state index contributed by atoms with van der Waals surface area (Å²) in [5.74, 6) is 0.537. The maximum atomic E-state index is 12.1. The van der Waals surface area contributed by atoms with E-state index in [4.69, 9.17) is 9.47 Å². The Labute approximate surface area is 159 Å². The van der Waals surface area contributed by atoms with Crippen molar-refractivity contribution in [2.24, 2.45) is 0 Å². The summed E-state index contributed by atoms with van der Waals surface area (Å²) in [5, 5.41) is 8.23. The second-order valence-electron chi connectivity index (χ2n) is 6.18. The smallest absolute Gasteiger partial charge is 0.319 e. The minimum Gasteiger partial charge on any atom is -0.491 e. The van der Waals surface area contributed by atoms with Crippen LogP contribution in [0.25, 0.3) is 0 Å². The number of carbonyl (C=O) groups excluding carboxylic acids is 2. The number of benzene rings is 2. The van der Waals surface area contributed by atoms with Gasteiger partial charge in [-0.3, -0.25) is 4.79 Å². The van der Waals surface area contributed by atoms with Gasteiger partial charge in [-0.25, -0.2) is 4.79 Å². The molecule has 27 heavy (non-hydrogen) atoms. The molecule has 2 aromatic rings. The molecule has 0 aliphatic heterocycles. The van der Waals surface area contributed by atoms with Gasteiger partial charge in [0.05, 0.1) is 6.10 Å². The number of methoxy groups -OCH3 is 1. The highest BCUT2D eigenvalue weighted by molar-refractivity contribution is 5.93. The molecular formula is C20H25N3O4. The van der Waals surface area contributed by atoms with E-state index in [-0.39, 0.29) is 24.6 Å². The molecule has 0 spiro atoms. The Balaban J connectivity index is 1.82. The molecule has 144 valence electrons. The van der Waals surface area contributed by atoms with Gasteiger partial charge in [0.1, 0.15) is 12.4 Å². The lowest BCUT2D eigenvalue weighted by atomic mass is 10.2. The maximum Gasteiger partial charge on any atom is 0.319 e. The van der Waals surface area contributed by atoms with Crippen LogP contribution in [0.3, 0.4) is 0 Å². The van der Waals surface area contributed by atoms with Crippen molar-refractivity contribution in [3.8, 4) is 5.75 Å². The topological polar surface area (TPSA) is 88.7 Å². The predicted molar refractivity (Wildman–Crippen MR) is 105 cm³/mol. The number of carbonyl (C=O) groups is 2. The van der Waals surface area contributed by atoms with Crippen LogP contribution in [0.5, 0.6) is 5.75 Å². The molecule has 0 aliphatic carbocycles. The lowest BCUT2D eigenvalue weighted by Crippen LogP contribution is -2.28. The molecule has 3 N–H and O–H groups in total. The standard InChI is InChI=1S/C20H25N3O4/c1-14(2)27-18-6-4-5-15(11-18)12-21-20(25)23-17-9-7-16(8-10-17)22-19(24)13-26-3/h4-11,14H,12-13H2,1-3H3,(H,22,24)(H2,21,23,25).